The van der Waals surface area contributed by atoms with Gasteiger partial charge in [0.25, 0.3) is 15.7 Å². The number of amides is 1. The van der Waals surface area contributed by atoms with E-state index in [1.807, 2.05) is 0 Å². The van der Waals surface area contributed by atoms with Crippen molar-refractivity contribution < 1.29 is 26.9 Å². The van der Waals surface area contributed by atoms with Crippen LogP contribution in [0.4, 0.5) is 4.79 Å². The molecule has 0 bridgehead atoms. The lowest BCUT2D eigenvalue weighted by Crippen LogP contribution is -2.35. The van der Waals surface area contributed by atoms with Gasteiger partial charge >= 0.3 is 11.8 Å². The highest BCUT2D eigenvalue weighted by Crippen LogP contribution is 2.31. The first-order chi connectivity index (χ1) is 12.6. The third-order valence-corrected chi connectivity index (χ3v) is 4.30. The van der Waals surface area contributed by atoms with Crippen molar-refractivity contribution in [1.29, 1.82) is 0 Å². The minimum Gasteiger partial charge on any atom is -0.447 e. The maximum absolute atomic E-state index is 12.0. The summed E-state index contributed by atoms with van der Waals surface area (Å²) in [5.74, 6) is 0. The van der Waals surface area contributed by atoms with Crippen molar-refractivity contribution in [3.8, 4) is 0 Å². The van der Waals surface area contributed by atoms with E-state index in [1.54, 1.807) is 0 Å². The van der Waals surface area contributed by atoms with Crippen LogP contribution in [-0.2, 0) is 23.8 Å². The summed E-state index contributed by atoms with van der Waals surface area (Å²) >= 11 is 0. The number of rotatable bonds is 7. The van der Waals surface area contributed by atoms with Crippen LogP contribution in [-0.4, -0.2) is 55.7 Å². The summed E-state index contributed by atoms with van der Waals surface area (Å²) in [6, 6.07) is 0. The van der Waals surface area contributed by atoms with Crippen molar-refractivity contribution >= 4 is 16.2 Å². The zero-order chi connectivity index (χ0) is 20.2. The Hall–Kier alpha value is -2.44. The Kier molecular flexibility index (Phi) is 6.57. The maximum Gasteiger partial charge on any atom is 0.407 e. The number of aromatic amines is 1. The van der Waals surface area contributed by atoms with Crippen molar-refractivity contribution in [2.75, 3.05) is 19.4 Å². The summed E-state index contributed by atoms with van der Waals surface area (Å²) in [4.78, 5) is 37.2. The van der Waals surface area contributed by atoms with E-state index >= 15 is 0 Å². The Balaban J connectivity index is 2.18. The summed E-state index contributed by atoms with van der Waals surface area (Å²) in [6.07, 6.45) is 0.107. The Morgan fingerprint density at radius 3 is 2.85 bits per heavy atom. The van der Waals surface area contributed by atoms with Gasteiger partial charge in [0.15, 0.2) is 0 Å². The van der Waals surface area contributed by atoms with Crippen molar-refractivity contribution in [2.24, 2.45) is 0 Å². The number of aromatic nitrogens is 2. The van der Waals surface area contributed by atoms with Gasteiger partial charge in [-0.25, -0.2) is 9.59 Å². The van der Waals surface area contributed by atoms with Crippen molar-refractivity contribution in [2.45, 2.75) is 31.8 Å². The van der Waals surface area contributed by atoms with Gasteiger partial charge in [0.1, 0.15) is 25.0 Å². The van der Waals surface area contributed by atoms with Crippen LogP contribution in [0.2, 0.25) is 0 Å². The van der Waals surface area contributed by atoms with Gasteiger partial charge < -0.3 is 14.8 Å². The van der Waals surface area contributed by atoms with E-state index in [2.05, 4.69) is 16.9 Å². The summed E-state index contributed by atoms with van der Waals surface area (Å²) in [5, 5.41) is 2.40. The first-order valence-electron chi connectivity index (χ1n) is 7.98. The second-order valence-corrected chi connectivity index (χ2v) is 7.55. The molecular formula is C15H21N3O8S. The van der Waals surface area contributed by atoms with E-state index in [-0.39, 0.29) is 25.1 Å². The molecule has 1 fully saturated rings. The van der Waals surface area contributed by atoms with Crippen molar-refractivity contribution in [3.05, 3.63) is 45.3 Å². The lowest BCUT2D eigenvalue weighted by atomic mass is 10.2. The van der Waals surface area contributed by atoms with Crippen LogP contribution in [0, 0.1) is 6.92 Å². The fraction of sp³-hybridized carbons (Fsp3) is 0.533. The average molecular weight is 403 g/mol. The van der Waals surface area contributed by atoms with Crippen LogP contribution in [0.25, 0.3) is 0 Å². The van der Waals surface area contributed by atoms with E-state index in [4.69, 9.17) is 13.7 Å². The van der Waals surface area contributed by atoms with Crippen molar-refractivity contribution in [1.82, 2.24) is 14.9 Å². The molecule has 1 aromatic rings. The molecule has 2 heterocycles. The second kappa shape index (κ2) is 8.50. The highest BCUT2D eigenvalue weighted by Gasteiger charge is 2.40. The van der Waals surface area contributed by atoms with E-state index in [0.29, 0.717) is 0 Å². The lowest BCUT2D eigenvalue weighted by Gasteiger charge is -2.18. The molecule has 1 aromatic heterocycles. The van der Waals surface area contributed by atoms with Crippen LogP contribution in [0.15, 0.2) is 28.4 Å². The molecule has 12 heteroatoms. The number of hydrogen-bond donors (Lipinski definition) is 2. The molecule has 1 amide bonds. The number of nitrogens with one attached hydrogen (secondary N) is 2. The molecule has 2 N–H and O–H groups in total. The number of H-pyrrole nitrogens is 1. The SMILES string of the molecule is C=CCNC(=O)OC[C@H]1O[C@@H](n2cc(C)c(=O)[nH]c2=O)C[C@@H]1OS(C)(=O)=O. The van der Waals surface area contributed by atoms with Crippen LogP contribution in [0.1, 0.15) is 18.2 Å². The predicted octanol–water partition coefficient (Wildman–Crippen LogP) is -0.610. The average Bonchev–Trinajstić information content (AvgIpc) is 2.94. The van der Waals surface area contributed by atoms with E-state index in [1.165, 1.54) is 19.2 Å². The first kappa shape index (κ1) is 20.9. The molecular weight excluding hydrogens is 382 g/mol. The molecule has 3 atom stereocenters. The van der Waals surface area contributed by atoms with Crippen LogP contribution < -0.4 is 16.6 Å². The highest BCUT2D eigenvalue weighted by atomic mass is 32.2. The van der Waals surface area contributed by atoms with Crippen LogP contribution in [0.5, 0.6) is 0 Å². The first-order valence-corrected chi connectivity index (χ1v) is 9.79. The second-order valence-electron chi connectivity index (χ2n) is 5.95. The number of hydrogen-bond acceptors (Lipinski definition) is 8. The predicted molar refractivity (Wildman–Crippen MR) is 93.9 cm³/mol. The number of alkyl carbamates (subject to hydrolysis) is 1. The van der Waals surface area contributed by atoms with Gasteiger partial charge in [-0.3, -0.25) is 18.5 Å². The van der Waals surface area contributed by atoms with E-state index < -0.39 is 45.9 Å². The molecule has 11 nitrogen and oxygen atoms in total. The third kappa shape index (κ3) is 5.77. The standard InChI is InChI=1S/C15H21N3O8S/c1-4-5-16-15(21)24-8-11-10(26-27(3,22)23)6-12(25-11)18-7-9(2)13(19)17-14(18)20/h4,7,10-12H,1,5-6,8H2,2-3H3,(H,16,21)(H,17,19,20)/t10-,11+,12+/m0/s1. The van der Waals surface area contributed by atoms with Gasteiger partial charge in [0.2, 0.25) is 0 Å². The molecule has 0 radical (unpaired) electrons. The topological polar surface area (TPSA) is 146 Å². The zero-order valence-electron chi connectivity index (χ0n) is 14.8. The lowest BCUT2D eigenvalue weighted by molar-refractivity contribution is -0.0444. The molecule has 1 aliphatic heterocycles. The minimum absolute atomic E-state index is 0.000758. The largest absolute Gasteiger partial charge is 0.447 e. The summed E-state index contributed by atoms with van der Waals surface area (Å²) in [6.45, 7) is 4.86. The Bertz CT molecular complexity index is 920. The normalized spacial score (nSPS) is 22.4. The zero-order valence-corrected chi connectivity index (χ0v) is 15.7. The third-order valence-electron chi connectivity index (χ3n) is 3.70. The molecule has 1 saturated heterocycles. The maximum atomic E-state index is 12.0. The number of ether oxygens (including phenoxy) is 2. The molecule has 27 heavy (non-hydrogen) atoms. The van der Waals surface area contributed by atoms with Gasteiger partial charge in [-0.1, -0.05) is 6.08 Å². The molecule has 1 aliphatic rings. The van der Waals surface area contributed by atoms with Gasteiger partial charge in [-0.15, -0.1) is 6.58 Å². The number of aryl methyl sites for hydroxylation is 1. The molecule has 0 aromatic carbocycles. The van der Waals surface area contributed by atoms with E-state index in [9.17, 15) is 22.8 Å². The number of carbonyl (C=O) groups is 1. The molecule has 2 rings (SSSR count). The van der Waals surface area contributed by atoms with Gasteiger partial charge in [0, 0.05) is 24.7 Å². The van der Waals surface area contributed by atoms with Crippen LogP contribution in [0.3, 0.4) is 0 Å². The van der Waals surface area contributed by atoms with Gasteiger partial charge in [-0.2, -0.15) is 8.42 Å². The smallest absolute Gasteiger partial charge is 0.407 e. The summed E-state index contributed by atoms with van der Waals surface area (Å²) in [7, 11) is -3.82. The van der Waals surface area contributed by atoms with Gasteiger partial charge in [0.05, 0.1) is 6.26 Å². The molecule has 150 valence electrons. The van der Waals surface area contributed by atoms with Crippen molar-refractivity contribution in [3.63, 3.8) is 0 Å². The molecule has 0 unspecified atom stereocenters. The number of nitrogens with zero attached hydrogens (tertiary/aromatic N) is 1. The fourth-order valence-electron chi connectivity index (χ4n) is 2.51. The quantitative estimate of drug-likeness (QED) is 0.453. The molecule has 0 spiro atoms. The molecule has 0 aliphatic carbocycles. The number of carbonyl (C=O) groups excluding carboxylic acids is 1. The Labute approximate surface area is 155 Å². The monoisotopic (exact) mass is 403 g/mol. The van der Waals surface area contributed by atoms with Crippen LogP contribution >= 0.6 is 0 Å². The molecule has 0 saturated carbocycles. The van der Waals surface area contributed by atoms with E-state index in [0.717, 1.165) is 10.8 Å². The fourth-order valence-corrected chi connectivity index (χ4v) is 3.16. The Morgan fingerprint density at radius 1 is 1.52 bits per heavy atom. The summed E-state index contributed by atoms with van der Waals surface area (Å²) in [5.41, 5.74) is -0.960. The van der Waals surface area contributed by atoms with Gasteiger partial charge in [-0.05, 0) is 6.92 Å². The summed E-state index contributed by atoms with van der Waals surface area (Å²) < 4.78 is 39.8. The Morgan fingerprint density at radius 2 is 2.22 bits per heavy atom. The minimum atomic E-state index is -3.82. The highest BCUT2D eigenvalue weighted by molar-refractivity contribution is 7.86.